The van der Waals surface area contributed by atoms with Gasteiger partial charge in [0.1, 0.15) is 12.8 Å². The van der Waals surface area contributed by atoms with Crippen LogP contribution < -0.4 is 16.6 Å². The number of halogens is 1. The van der Waals surface area contributed by atoms with E-state index in [2.05, 4.69) is 5.32 Å². The first-order valence-electron chi connectivity index (χ1n) is 7.54. The summed E-state index contributed by atoms with van der Waals surface area (Å²) in [4.78, 5) is 36.4. The lowest BCUT2D eigenvalue weighted by atomic mass is 10.3. The van der Waals surface area contributed by atoms with E-state index in [-0.39, 0.29) is 0 Å². The standard InChI is InChI=1S/C16H16FN3O4/c17-12-9-19(14-7-4-8-24-14)16(23)20(15(12)22)10-13(21)18-11-5-2-1-3-6-11/h1-3,5-6,9,14H,4,7-8,10H2,(H,18,21). The lowest BCUT2D eigenvalue weighted by molar-refractivity contribution is -0.116. The van der Waals surface area contributed by atoms with Crippen LogP contribution in [-0.2, 0) is 16.1 Å². The summed E-state index contributed by atoms with van der Waals surface area (Å²) in [6.07, 6.45) is 1.52. The molecule has 1 aromatic carbocycles. The van der Waals surface area contributed by atoms with Crippen LogP contribution in [0.25, 0.3) is 0 Å². The van der Waals surface area contributed by atoms with Crippen molar-refractivity contribution in [2.75, 3.05) is 11.9 Å². The fourth-order valence-corrected chi connectivity index (χ4v) is 2.58. The maximum Gasteiger partial charge on any atom is 0.333 e. The SMILES string of the molecule is O=C(Cn1c(=O)c(F)cn(C2CCCO2)c1=O)Nc1ccccc1. The van der Waals surface area contributed by atoms with E-state index in [1.807, 2.05) is 0 Å². The van der Waals surface area contributed by atoms with Crippen molar-refractivity contribution in [3.05, 3.63) is 63.2 Å². The molecule has 0 bridgehead atoms. The van der Waals surface area contributed by atoms with Gasteiger partial charge in [0.25, 0.3) is 5.56 Å². The Kier molecular flexibility index (Phi) is 4.57. The Hall–Kier alpha value is -2.74. The Morgan fingerprint density at radius 3 is 2.71 bits per heavy atom. The molecule has 1 N–H and O–H groups in total. The summed E-state index contributed by atoms with van der Waals surface area (Å²) >= 11 is 0. The Morgan fingerprint density at radius 1 is 1.29 bits per heavy atom. The molecule has 1 aliphatic rings. The molecule has 0 saturated carbocycles. The van der Waals surface area contributed by atoms with E-state index >= 15 is 0 Å². The van der Waals surface area contributed by atoms with E-state index in [0.29, 0.717) is 23.3 Å². The average molecular weight is 333 g/mol. The Labute approximate surface area is 136 Å². The van der Waals surface area contributed by atoms with Crippen LogP contribution in [0.4, 0.5) is 10.1 Å². The van der Waals surface area contributed by atoms with Crippen LogP contribution in [0.15, 0.2) is 46.1 Å². The predicted octanol–water partition coefficient (Wildman–Crippen LogP) is 1.10. The molecular formula is C16H16FN3O4. The van der Waals surface area contributed by atoms with Gasteiger partial charge in [-0.25, -0.2) is 9.36 Å². The van der Waals surface area contributed by atoms with Gasteiger partial charge in [0.2, 0.25) is 11.7 Å². The van der Waals surface area contributed by atoms with Crippen molar-refractivity contribution in [2.24, 2.45) is 0 Å². The summed E-state index contributed by atoms with van der Waals surface area (Å²) in [6, 6.07) is 8.57. The number of rotatable bonds is 4. The summed E-state index contributed by atoms with van der Waals surface area (Å²) in [5.41, 5.74) is -1.37. The third kappa shape index (κ3) is 3.28. The zero-order chi connectivity index (χ0) is 17.1. The molecule has 3 rings (SSSR count). The topological polar surface area (TPSA) is 82.3 Å². The second-order valence-electron chi connectivity index (χ2n) is 5.44. The quantitative estimate of drug-likeness (QED) is 0.908. The van der Waals surface area contributed by atoms with Gasteiger partial charge in [0, 0.05) is 12.3 Å². The van der Waals surface area contributed by atoms with Crippen LogP contribution in [0.2, 0.25) is 0 Å². The highest BCUT2D eigenvalue weighted by Crippen LogP contribution is 2.20. The van der Waals surface area contributed by atoms with Gasteiger partial charge in [-0.15, -0.1) is 0 Å². The molecule has 0 spiro atoms. The van der Waals surface area contributed by atoms with Gasteiger partial charge in [-0.3, -0.25) is 14.2 Å². The molecule has 8 heteroatoms. The van der Waals surface area contributed by atoms with Crippen molar-refractivity contribution in [1.82, 2.24) is 9.13 Å². The van der Waals surface area contributed by atoms with Crippen molar-refractivity contribution >= 4 is 11.6 Å². The van der Waals surface area contributed by atoms with E-state index in [1.165, 1.54) is 0 Å². The Morgan fingerprint density at radius 2 is 2.04 bits per heavy atom. The fraction of sp³-hybridized carbons (Fsp3) is 0.312. The zero-order valence-electron chi connectivity index (χ0n) is 12.8. The van der Waals surface area contributed by atoms with Gasteiger partial charge in [0.15, 0.2) is 0 Å². The lowest BCUT2D eigenvalue weighted by Crippen LogP contribution is -2.44. The maximum atomic E-state index is 13.9. The van der Waals surface area contributed by atoms with Gasteiger partial charge in [0.05, 0.1) is 6.20 Å². The molecule has 0 radical (unpaired) electrons. The molecule has 126 valence electrons. The normalized spacial score (nSPS) is 17.0. The minimum absolute atomic E-state index is 0.465. The molecule has 1 aliphatic heterocycles. The monoisotopic (exact) mass is 333 g/mol. The van der Waals surface area contributed by atoms with Crippen LogP contribution in [-0.4, -0.2) is 21.6 Å². The average Bonchev–Trinajstić information content (AvgIpc) is 3.10. The molecule has 1 fully saturated rings. The highest BCUT2D eigenvalue weighted by atomic mass is 19.1. The first kappa shape index (κ1) is 16.1. The van der Waals surface area contributed by atoms with E-state index in [0.717, 1.165) is 17.2 Å². The Balaban J connectivity index is 1.88. The molecule has 0 aliphatic carbocycles. The lowest BCUT2D eigenvalue weighted by Gasteiger charge is -2.15. The predicted molar refractivity (Wildman–Crippen MR) is 84.2 cm³/mol. The third-order valence-electron chi connectivity index (χ3n) is 3.73. The van der Waals surface area contributed by atoms with Crippen molar-refractivity contribution in [3.63, 3.8) is 0 Å². The summed E-state index contributed by atoms with van der Waals surface area (Å²) in [6.45, 7) is -0.108. The fourth-order valence-electron chi connectivity index (χ4n) is 2.58. The maximum absolute atomic E-state index is 13.9. The summed E-state index contributed by atoms with van der Waals surface area (Å²) in [7, 11) is 0. The van der Waals surface area contributed by atoms with Crippen LogP contribution in [0, 0.1) is 5.82 Å². The first-order valence-corrected chi connectivity index (χ1v) is 7.54. The minimum Gasteiger partial charge on any atom is -0.358 e. The second-order valence-corrected chi connectivity index (χ2v) is 5.44. The summed E-state index contributed by atoms with van der Waals surface area (Å²) in [5, 5.41) is 2.55. The highest BCUT2D eigenvalue weighted by molar-refractivity contribution is 5.90. The number of carbonyl (C=O) groups is 1. The molecule has 1 aromatic heterocycles. The molecular weight excluding hydrogens is 317 g/mol. The number of hydrogen-bond acceptors (Lipinski definition) is 4. The van der Waals surface area contributed by atoms with Crippen LogP contribution in [0.1, 0.15) is 19.1 Å². The van der Waals surface area contributed by atoms with Crippen molar-refractivity contribution < 1.29 is 13.9 Å². The van der Waals surface area contributed by atoms with E-state index in [1.54, 1.807) is 30.3 Å². The molecule has 2 heterocycles. The number of aromatic nitrogens is 2. The van der Waals surface area contributed by atoms with Crippen molar-refractivity contribution in [2.45, 2.75) is 25.6 Å². The molecule has 1 saturated heterocycles. The molecule has 24 heavy (non-hydrogen) atoms. The van der Waals surface area contributed by atoms with Crippen molar-refractivity contribution in [3.8, 4) is 0 Å². The molecule has 2 aromatic rings. The first-order chi connectivity index (χ1) is 11.6. The number of nitrogens with zero attached hydrogens (tertiary/aromatic N) is 2. The molecule has 1 unspecified atom stereocenters. The number of para-hydroxylation sites is 1. The molecule has 1 atom stereocenters. The van der Waals surface area contributed by atoms with E-state index < -0.39 is 35.7 Å². The third-order valence-corrected chi connectivity index (χ3v) is 3.73. The minimum atomic E-state index is -1.13. The molecule has 1 amide bonds. The summed E-state index contributed by atoms with van der Waals surface area (Å²) in [5.74, 6) is -1.69. The van der Waals surface area contributed by atoms with Gasteiger partial charge >= 0.3 is 5.69 Å². The molecule has 7 nitrogen and oxygen atoms in total. The zero-order valence-corrected chi connectivity index (χ0v) is 12.8. The second kappa shape index (κ2) is 6.79. The van der Waals surface area contributed by atoms with Crippen LogP contribution in [0.3, 0.4) is 0 Å². The van der Waals surface area contributed by atoms with Gasteiger partial charge in [-0.1, -0.05) is 18.2 Å². The highest BCUT2D eigenvalue weighted by Gasteiger charge is 2.22. The van der Waals surface area contributed by atoms with E-state index in [9.17, 15) is 18.8 Å². The number of ether oxygens (including phenoxy) is 1. The number of amides is 1. The van der Waals surface area contributed by atoms with E-state index in [4.69, 9.17) is 4.74 Å². The Bertz CT molecular complexity index is 854. The smallest absolute Gasteiger partial charge is 0.333 e. The number of anilines is 1. The van der Waals surface area contributed by atoms with Gasteiger partial charge in [-0.2, -0.15) is 4.39 Å². The number of nitrogens with one attached hydrogen (secondary N) is 1. The van der Waals surface area contributed by atoms with Crippen LogP contribution >= 0.6 is 0 Å². The largest absolute Gasteiger partial charge is 0.358 e. The number of carbonyl (C=O) groups excluding carboxylic acids is 1. The van der Waals surface area contributed by atoms with Gasteiger partial charge in [-0.05, 0) is 25.0 Å². The van der Waals surface area contributed by atoms with Gasteiger partial charge < -0.3 is 10.1 Å². The number of benzene rings is 1. The number of hydrogen-bond donors (Lipinski definition) is 1. The summed E-state index contributed by atoms with van der Waals surface area (Å²) < 4.78 is 20.8. The van der Waals surface area contributed by atoms with Crippen LogP contribution in [0.5, 0.6) is 0 Å². The van der Waals surface area contributed by atoms with Crippen molar-refractivity contribution in [1.29, 1.82) is 0 Å².